The van der Waals surface area contributed by atoms with Crippen LogP contribution in [0.3, 0.4) is 0 Å². The third-order valence-electron chi connectivity index (χ3n) is 7.84. The Balaban J connectivity index is 1.29. The van der Waals surface area contributed by atoms with Gasteiger partial charge in [-0.05, 0) is 48.0 Å². The van der Waals surface area contributed by atoms with Gasteiger partial charge in [0.2, 0.25) is 0 Å². The molecule has 4 aromatic carbocycles. The van der Waals surface area contributed by atoms with Crippen molar-refractivity contribution < 1.29 is 24.0 Å². The summed E-state index contributed by atoms with van der Waals surface area (Å²) in [4.78, 5) is 29.7. The number of hydrogen-bond acceptors (Lipinski definition) is 9. The Kier molecular flexibility index (Phi) is 5.85. The summed E-state index contributed by atoms with van der Waals surface area (Å²) >= 11 is 0. The second kappa shape index (κ2) is 9.71. The number of carbonyl (C=O) groups excluding carboxylic acids is 2. The van der Waals surface area contributed by atoms with E-state index in [2.05, 4.69) is 32.4 Å². The lowest BCUT2D eigenvalue weighted by Gasteiger charge is -2.37. The molecule has 2 heterocycles. The van der Waals surface area contributed by atoms with Crippen molar-refractivity contribution in [2.75, 3.05) is 48.4 Å². The molecule has 1 saturated heterocycles. The van der Waals surface area contributed by atoms with Crippen LogP contribution in [0.1, 0.15) is 26.3 Å². The molecule has 0 saturated carbocycles. The van der Waals surface area contributed by atoms with E-state index in [-0.39, 0.29) is 11.3 Å². The SMILES string of the molecule is COc1ccc(N2CCN(c3cc(Nc4ccc(C(=O)[O-])cc4)c4c5c(onc35)-c3ccccc3C4=O)CC2)cc1. The molecule has 204 valence electrons. The van der Waals surface area contributed by atoms with Gasteiger partial charge in [0.15, 0.2) is 11.5 Å². The van der Waals surface area contributed by atoms with Crippen LogP contribution in [0.2, 0.25) is 0 Å². The Labute approximate surface area is 235 Å². The zero-order chi connectivity index (χ0) is 28.1. The normalized spacial score (nSPS) is 14.2. The number of piperazine rings is 1. The van der Waals surface area contributed by atoms with Crippen molar-refractivity contribution >= 4 is 45.4 Å². The first-order valence-corrected chi connectivity index (χ1v) is 13.3. The highest BCUT2D eigenvalue weighted by Gasteiger charge is 2.34. The molecule has 1 fully saturated rings. The number of methoxy groups -OCH3 is 1. The molecule has 1 aliphatic carbocycles. The highest BCUT2D eigenvalue weighted by atomic mass is 16.5. The third kappa shape index (κ3) is 4.13. The molecule has 1 N–H and O–H groups in total. The molecule has 0 amide bonds. The first-order chi connectivity index (χ1) is 20.0. The lowest BCUT2D eigenvalue weighted by Crippen LogP contribution is -2.46. The summed E-state index contributed by atoms with van der Waals surface area (Å²) in [7, 11) is 1.66. The van der Waals surface area contributed by atoms with Crippen LogP contribution in [0.15, 0.2) is 83.4 Å². The third-order valence-corrected chi connectivity index (χ3v) is 7.84. The predicted octanol–water partition coefficient (Wildman–Crippen LogP) is 4.48. The molecule has 0 atom stereocenters. The number of carboxylic acids is 1. The van der Waals surface area contributed by atoms with Crippen LogP contribution in [0.25, 0.3) is 22.2 Å². The Bertz CT molecular complexity index is 1800. The molecular formula is C32H25N4O5-. The summed E-state index contributed by atoms with van der Waals surface area (Å²) in [5.41, 5.74) is 5.73. The van der Waals surface area contributed by atoms with E-state index in [1.165, 1.54) is 12.1 Å². The fourth-order valence-electron chi connectivity index (χ4n) is 5.73. The van der Waals surface area contributed by atoms with Crippen LogP contribution in [-0.4, -0.2) is 50.2 Å². The zero-order valence-corrected chi connectivity index (χ0v) is 22.2. The van der Waals surface area contributed by atoms with E-state index in [9.17, 15) is 14.7 Å². The molecule has 5 aromatic rings. The van der Waals surface area contributed by atoms with Crippen molar-refractivity contribution in [3.8, 4) is 17.1 Å². The molecule has 1 aliphatic heterocycles. The first-order valence-electron chi connectivity index (χ1n) is 13.3. The number of aromatic nitrogens is 1. The van der Waals surface area contributed by atoms with Gasteiger partial charge in [0.05, 0.1) is 35.4 Å². The molecule has 0 radical (unpaired) electrons. The Morgan fingerprint density at radius 2 is 1.61 bits per heavy atom. The van der Waals surface area contributed by atoms with Crippen molar-refractivity contribution in [2.24, 2.45) is 0 Å². The van der Waals surface area contributed by atoms with Crippen LogP contribution in [-0.2, 0) is 0 Å². The molecule has 7 rings (SSSR count). The van der Waals surface area contributed by atoms with E-state index in [4.69, 9.17) is 9.26 Å². The number of aromatic carboxylic acids is 1. The minimum Gasteiger partial charge on any atom is -0.545 e. The molecule has 0 spiro atoms. The van der Waals surface area contributed by atoms with Crippen molar-refractivity contribution in [3.05, 3.63) is 95.6 Å². The number of carbonyl (C=O) groups is 2. The molecule has 41 heavy (non-hydrogen) atoms. The second-order valence-electron chi connectivity index (χ2n) is 10.1. The number of nitrogens with zero attached hydrogens (tertiary/aromatic N) is 3. The number of fused-ring (bicyclic) bond motifs is 2. The minimum atomic E-state index is -1.25. The van der Waals surface area contributed by atoms with Crippen molar-refractivity contribution in [2.45, 2.75) is 0 Å². The second-order valence-corrected chi connectivity index (χ2v) is 10.1. The summed E-state index contributed by atoms with van der Waals surface area (Å²) in [5, 5.41) is 19.8. The molecule has 2 aliphatic rings. The number of hydrogen-bond donors (Lipinski definition) is 1. The maximum Gasteiger partial charge on any atom is 0.196 e. The highest BCUT2D eigenvalue weighted by Crippen LogP contribution is 2.46. The maximum absolute atomic E-state index is 13.9. The van der Waals surface area contributed by atoms with Crippen LogP contribution in [0.4, 0.5) is 22.7 Å². The van der Waals surface area contributed by atoms with Gasteiger partial charge < -0.3 is 34.3 Å². The highest BCUT2D eigenvalue weighted by molar-refractivity contribution is 6.28. The number of nitrogens with one attached hydrogen (secondary N) is 1. The number of carboxylic acid groups (broad SMARTS) is 1. The number of ketones is 1. The summed E-state index contributed by atoms with van der Waals surface area (Å²) in [6.07, 6.45) is 0. The Morgan fingerprint density at radius 3 is 2.29 bits per heavy atom. The van der Waals surface area contributed by atoms with Gasteiger partial charge in [-0.25, -0.2) is 0 Å². The Hall–Kier alpha value is -5.31. The van der Waals surface area contributed by atoms with Crippen molar-refractivity contribution in [1.82, 2.24) is 5.16 Å². The topological polar surface area (TPSA) is 111 Å². The van der Waals surface area contributed by atoms with Gasteiger partial charge in [0, 0.05) is 48.7 Å². The largest absolute Gasteiger partial charge is 0.545 e. The van der Waals surface area contributed by atoms with Gasteiger partial charge in [0.1, 0.15) is 11.3 Å². The van der Waals surface area contributed by atoms with Gasteiger partial charge in [-0.15, -0.1) is 0 Å². The standard InChI is InChI=1S/C32H26N4O5/c1-40-22-12-10-21(11-13-22)35-14-16-36(17-15-35)26-18-25(33-20-8-6-19(7-9-20)32(38)39)27-28-29(26)34-41-31(28)24-5-3-2-4-23(24)30(27)37/h2-13,18,33H,14-17H2,1H3,(H,38,39)/p-1. The molecule has 1 aromatic heterocycles. The maximum atomic E-state index is 13.9. The van der Waals surface area contributed by atoms with Gasteiger partial charge in [-0.2, -0.15) is 0 Å². The van der Waals surface area contributed by atoms with E-state index < -0.39 is 5.97 Å². The average Bonchev–Trinajstić information content (AvgIpc) is 3.46. The lowest BCUT2D eigenvalue weighted by atomic mass is 9.86. The fourth-order valence-corrected chi connectivity index (χ4v) is 5.73. The molecule has 0 unspecified atom stereocenters. The molecule has 0 bridgehead atoms. The molecule has 9 nitrogen and oxygen atoms in total. The zero-order valence-electron chi connectivity index (χ0n) is 22.2. The van der Waals surface area contributed by atoms with Crippen molar-refractivity contribution in [3.63, 3.8) is 0 Å². The van der Waals surface area contributed by atoms with Crippen LogP contribution >= 0.6 is 0 Å². The van der Waals surface area contributed by atoms with Gasteiger partial charge in [0.25, 0.3) is 0 Å². The van der Waals surface area contributed by atoms with E-state index in [0.29, 0.717) is 39.2 Å². The quantitative estimate of drug-likeness (QED) is 0.324. The fraction of sp³-hybridized carbons (Fsp3) is 0.156. The number of rotatable bonds is 6. The minimum absolute atomic E-state index is 0.0779. The number of ether oxygens (including phenoxy) is 1. The van der Waals surface area contributed by atoms with Crippen LogP contribution in [0.5, 0.6) is 5.75 Å². The van der Waals surface area contributed by atoms with E-state index >= 15 is 0 Å². The average molecular weight is 546 g/mol. The molecular weight excluding hydrogens is 520 g/mol. The lowest BCUT2D eigenvalue weighted by molar-refractivity contribution is -0.255. The molecule has 9 heteroatoms. The Morgan fingerprint density at radius 1 is 0.927 bits per heavy atom. The number of benzene rings is 4. The van der Waals surface area contributed by atoms with Crippen LogP contribution in [0, 0.1) is 0 Å². The van der Waals surface area contributed by atoms with E-state index in [1.807, 2.05) is 36.4 Å². The summed E-state index contributed by atoms with van der Waals surface area (Å²) in [6.45, 7) is 3.09. The first kappa shape index (κ1) is 24.7. The van der Waals surface area contributed by atoms with E-state index in [0.717, 1.165) is 48.9 Å². The predicted molar refractivity (Wildman–Crippen MR) is 154 cm³/mol. The van der Waals surface area contributed by atoms with E-state index in [1.54, 1.807) is 25.3 Å². The monoisotopic (exact) mass is 545 g/mol. The van der Waals surface area contributed by atoms with Crippen LogP contribution < -0.4 is 25.0 Å². The summed E-state index contributed by atoms with van der Waals surface area (Å²) in [6, 6.07) is 23.7. The van der Waals surface area contributed by atoms with Gasteiger partial charge >= 0.3 is 0 Å². The summed E-state index contributed by atoms with van der Waals surface area (Å²) in [5.74, 6) is 0.0268. The summed E-state index contributed by atoms with van der Waals surface area (Å²) < 4.78 is 11.2. The van der Waals surface area contributed by atoms with Gasteiger partial charge in [-0.3, -0.25) is 4.79 Å². The van der Waals surface area contributed by atoms with Crippen molar-refractivity contribution in [1.29, 1.82) is 0 Å². The number of anilines is 4. The smallest absolute Gasteiger partial charge is 0.196 e. The van der Waals surface area contributed by atoms with Gasteiger partial charge in [-0.1, -0.05) is 41.6 Å².